The zero-order chi connectivity index (χ0) is 13.1. The highest BCUT2D eigenvalue weighted by Gasteiger charge is 2.11. The summed E-state index contributed by atoms with van der Waals surface area (Å²) in [4.78, 5) is 0. The Hall–Kier alpha value is -1.13. The second kappa shape index (κ2) is 5.67. The first-order valence-corrected chi connectivity index (χ1v) is 6.85. The molecule has 18 heavy (non-hydrogen) atoms. The molecular formula is C14H17BrN2O. The molecule has 0 aliphatic rings. The molecule has 1 aromatic heterocycles. The van der Waals surface area contributed by atoms with Crippen molar-refractivity contribution >= 4 is 15.9 Å². The number of hydrogen-bond donors (Lipinski definition) is 1. The van der Waals surface area contributed by atoms with Gasteiger partial charge in [0.15, 0.2) is 0 Å². The van der Waals surface area contributed by atoms with Crippen molar-refractivity contribution in [3.8, 4) is 0 Å². The van der Waals surface area contributed by atoms with Crippen LogP contribution in [0.3, 0.4) is 0 Å². The highest BCUT2D eigenvalue weighted by atomic mass is 79.9. The van der Waals surface area contributed by atoms with Crippen LogP contribution >= 0.6 is 15.9 Å². The summed E-state index contributed by atoms with van der Waals surface area (Å²) in [5, 5.41) is 14.4. The van der Waals surface area contributed by atoms with Crippen molar-refractivity contribution in [2.45, 2.75) is 32.9 Å². The lowest BCUT2D eigenvalue weighted by Gasteiger charge is -2.11. The standard InChI is InChI=1S/C14H17BrN2O/c1-3-17-9-11(8-16-17)6-14(18)12-5-4-10(2)13(15)7-12/h4-5,7-9,14,18H,3,6H2,1-2H3. The van der Waals surface area contributed by atoms with Gasteiger partial charge in [0.1, 0.15) is 0 Å². The zero-order valence-corrected chi connectivity index (χ0v) is 12.2. The molecule has 1 unspecified atom stereocenters. The Morgan fingerprint density at radius 1 is 1.44 bits per heavy atom. The molecule has 0 fully saturated rings. The van der Waals surface area contributed by atoms with Gasteiger partial charge in [-0.2, -0.15) is 5.10 Å². The maximum atomic E-state index is 10.2. The second-order valence-corrected chi connectivity index (χ2v) is 5.29. The lowest BCUT2D eigenvalue weighted by Crippen LogP contribution is -2.01. The van der Waals surface area contributed by atoms with E-state index in [0.29, 0.717) is 6.42 Å². The Morgan fingerprint density at radius 3 is 2.83 bits per heavy atom. The molecule has 0 radical (unpaired) electrons. The molecule has 0 spiro atoms. The molecule has 1 aromatic carbocycles. The van der Waals surface area contributed by atoms with Crippen molar-refractivity contribution in [1.29, 1.82) is 0 Å². The third-order valence-electron chi connectivity index (χ3n) is 3.02. The summed E-state index contributed by atoms with van der Waals surface area (Å²) >= 11 is 3.49. The molecule has 0 aliphatic heterocycles. The molecule has 3 nitrogen and oxygen atoms in total. The van der Waals surface area contributed by atoms with E-state index in [0.717, 1.165) is 22.1 Å². The van der Waals surface area contributed by atoms with E-state index in [9.17, 15) is 5.11 Å². The lowest BCUT2D eigenvalue weighted by molar-refractivity contribution is 0.178. The fourth-order valence-electron chi connectivity index (χ4n) is 1.84. The highest BCUT2D eigenvalue weighted by molar-refractivity contribution is 9.10. The van der Waals surface area contributed by atoms with Gasteiger partial charge in [0.05, 0.1) is 12.3 Å². The Kier molecular flexibility index (Phi) is 4.19. The number of aryl methyl sites for hydroxylation is 2. The van der Waals surface area contributed by atoms with E-state index in [1.807, 2.05) is 49.1 Å². The number of nitrogens with zero attached hydrogens (tertiary/aromatic N) is 2. The molecular weight excluding hydrogens is 292 g/mol. The summed E-state index contributed by atoms with van der Waals surface area (Å²) in [6, 6.07) is 5.96. The summed E-state index contributed by atoms with van der Waals surface area (Å²) in [6.45, 7) is 4.93. The molecule has 1 heterocycles. The summed E-state index contributed by atoms with van der Waals surface area (Å²) in [5.74, 6) is 0. The molecule has 1 N–H and O–H groups in total. The Morgan fingerprint density at radius 2 is 2.22 bits per heavy atom. The highest BCUT2D eigenvalue weighted by Crippen LogP contribution is 2.24. The predicted molar refractivity (Wildman–Crippen MR) is 75.4 cm³/mol. The monoisotopic (exact) mass is 308 g/mol. The first kappa shape index (κ1) is 13.3. The van der Waals surface area contributed by atoms with Gasteiger partial charge in [-0.25, -0.2) is 0 Å². The molecule has 0 bridgehead atoms. The molecule has 2 rings (SSSR count). The van der Waals surface area contributed by atoms with E-state index in [2.05, 4.69) is 21.0 Å². The SMILES string of the molecule is CCn1cc(CC(O)c2ccc(C)c(Br)c2)cn1. The van der Waals surface area contributed by atoms with Crippen LogP contribution in [0, 0.1) is 6.92 Å². The molecule has 0 aliphatic carbocycles. The Balaban J connectivity index is 2.11. The maximum absolute atomic E-state index is 10.2. The van der Waals surface area contributed by atoms with E-state index >= 15 is 0 Å². The number of hydrogen-bond acceptors (Lipinski definition) is 2. The van der Waals surface area contributed by atoms with Gasteiger partial charge >= 0.3 is 0 Å². The van der Waals surface area contributed by atoms with E-state index < -0.39 is 6.10 Å². The zero-order valence-electron chi connectivity index (χ0n) is 10.6. The van der Waals surface area contributed by atoms with Crippen LogP contribution in [0.2, 0.25) is 0 Å². The van der Waals surface area contributed by atoms with Crippen LogP contribution in [0.15, 0.2) is 35.1 Å². The largest absolute Gasteiger partial charge is 0.388 e. The molecule has 2 aromatic rings. The van der Waals surface area contributed by atoms with Crippen LogP contribution in [0.4, 0.5) is 0 Å². The van der Waals surface area contributed by atoms with Gasteiger partial charge in [0, 0.05) is 23.6 Å². The molecule has 0 saturated carbocycles. The van der Waals surface area contributed by atoms with Crippen LogP contribution in [0.1, 0.15) is 29.7 Å². The summed E-state index contributed by atoms with van der Waals surface area (Å²) < 4.78 is 2.90. The fraction of sp³-hybridized carbons (Fsp3) is 0.357. The van der Waals surface area contributed by atoms with Gasteiger partial charge in [-0.15, -0.1) is 0 Å². The van der Waals surface area contributed by atoms with Crippen LogP contribution in [-0.2, 0) is 13.0 Å². The van der Waals surface area contributed by atoms with E-state index in [4.69, 9.17) is 0 Å². The number of aromatic nitrogens is 2. The van der Waals surface area contributed by atoms with Crippen molar-refractivity contribution < 1.29 is 5.11 Å². The molecule has 4 heteroatoms. The van der Waals surface area contributed by atoms with Gasteiger partial charge in [0.25, 0.3) is 0 Å². The third kappa shape index (κ3) is 3.00. The minimum absolute atomic E-state index is 0.489. The van der Waals surface area contributed by atoms with E-state index in [1.54, 1.807) is 0 Å². The lowest BCUT2D eigenvalue weighted by atomic mass is 10.0. The van der Waals surface area contributed by atoms with Crippen molar-refractivity contribution in [1.82, 2.24) is 9.78 Å². The second-order valence-electron chi connectivity index (χ2n) is 4.43. The Labute approximate surface area is 116 Å². The average molecular weight is 309 g/mol. The fourth-order valence-corrected chi connectivity index (χ4v) is 2.24. The molecule has 96 valence electrons. The van der Waals surface area contributed by atoms with Crippen LogP contribution in [0.25, 0.3) is 0 Å². The van der Waals surface area contributed by atoms with Gasteiger partial charge in [-0.1, -0.05) is 28.1 Å². The van der Waals surface area contributed by atoms with Crippen molar-refractivity contribution in [3.63, 3.8) is 0 Å². The smallest absolute Gasteiger partial charge is 0.0831 e. The van der Waals surface area contributed by atoms with Gasteiger partial charge in [-0.3, -0.25) is 4.68 Å². The molecule has 0 saturated heterocycles. The average Bonchev–Trinajstić information content (AvgIpc) is 2.80. The molecule has 1 atom stereocenters. The van der Waals surface area contributed by atoms with Crippen molar-refractivity contribution in [2.75, 3.05) is 0 Å². The third-order valence-corrected chi connectivity index (χ3v) is 3.87. The van der Waals surface area contributed by atoms with Crippen molar-refractivity contribution in [3.05, 3.63) is 51.8 Å². The Bertz CT molecular complexity index is 536. The number of aliphatic hydroxyl groups is 1. The molecule has 0 amide bonds. The normalized spacial score (nSPS) is 12.7. The summed E-state index contributed by atoms with van der Waals surface area (Å²) in [7, 11) is 0. The minimum Gasteiger partial charge on any atom is -0.388 e. The van der Waals surface area contributed by atoms with Gasteiger partial charge < -0.3 is 5.11 Å². The number of aliphatic hydroxyl groups excluding tert-OH is 1. The number of halogens is 1. The quantitative estimate of drug-likeness (QED) is 0.941. The minimum atomic E-state index is -0.489. The first-order chi connectivity index (χ1) is 8.60. The van der Waals surface area contributed by atoms with E-state index in [1.165, 1.54) is 5.56 Å². The van der Waals surface area contributed by atoms with Crippen molar-refractivity contribution in [2.24, 2.45) is 0 Å². The topological polar surface area (TPSA) is 38.0 Å². The predicted octanol–water partition coefficient (Wildman–Crippen LogP) is 3.25. The van der Waals surface area contributed by atoms with Gasteiger partial charge in [0.2, 0.25) is 0 Å². The van der Waals surface area contributed by atoms with E-state index in [-0.39, 0.29) is 0 Å². The maximum Gasteiger partial charge on any atom is 0.0831 e. The summed E-state index contributed by atoms with van der Waals surface area (Å²) in [6.07, 6.45) is 3.90. The van der Waals surface area contributed by atoms with Crippen LogP contribution < -0.4 is 0 Å². The number of benzene rings is 1. The van der Waals surface area contributed by atoms with Gasteiger partial charge in [-0.05, 0) is 36.6 Å². The number of rotatable bonds is 4. The summed E-state index contributed by atoms with van der Waals surface area (Å²) in [5.41, 5.74) is 3.16. The van der Waals surface area contributed by atoms with Crippen LogP contribution in [-0.4, -0.2) is 14.9 Å². The van der Waals surface area contributed by atoms with Crippen LogP contribution in [0.5, 0.6) is 0 Å². The first-order valence-electron chi connectivity index (χ1n) is 6.05.